The maximum absolute atomic E-state index is 12.5. The molecular formula is C18H12N4O4. The summed E-state index contributed by atoms with van der Waals surface area (Å²) in [4.78, 5) is 30.1. The first-order chi connectivity index (χ1) is 12.6. The molecule has 0 fully saturated rings. The lowest BCUT2D eigenvalue weighted by molar-refractivity contribution is 0.144. The Balaban J connectivity index is 1.77. The summed E-state index contributed by atoms with van der Waals surface area (Å²) in [6, 6.07) is 15.1. The highest BCUT2D eigenvalue weighted by molar-refractivity contribution is 5.84. The highest BCUT2D eigenvalue weighted by Crippen LogP contribution is 2.22. The number of benzene rings is 2. The number of rotatable bonds is 3. The van der Waals surface area contributed by atoms with Crippen LogP contribution < -0.4 is 10.3 Å². The van der Waals surface area contributed by atoms with E-state index < -0.39 is 6.16 Å². The van der Waals surface area contributed by atoms with Gasteiger partial charge in [0.05, 0.1) is 23.3 Å². The molecule has 0 atom stereocenters. The van der Waals surface area contributed by atoms with Crippen LogP contribution in [0, 0.1) is 0 Å². The van der Waals surface area contributed by atoms with E-state index in [1.54, 1.807) is 12.1 Å². The summed E-state index contributed by atoms with van der Waals surface area (Å²) in [5.41, 5.74) is 2.09. The van der Waals surface area contributed by atoms with Crippen molar-refractivity contribution in [2.75, 3.05) is 0 Å². The highest BCUT2D eigenvalue weighted by atomic mass is 16.7. The number of H-pyrrole nitrogens is 1. The van der Waals surface area contributed by atoms with Crippen molar-refractivity contribution in [3.63, 3.8) is 0 Å². The molecule has 0 aliphatic heterocycles. The van der Waals surface area contributed by atoms with Gasteiger partial charge in [0, 0.05) is 0 Å². The summed E-state index contributed by atoms with van der Waals surface area (Å²) in [5.74, 6) is 0.190. The molecule has 0 unspecified atom stereocenters. The molecule has 8 nitrogen and oxygen atoms in total. The zero-order valence-corrected chi connectivity index (χ0v) is 13.3. The van der Waals surface area contributed by atoms with Gasteiger partial charge in [0.1, 0.15) is 0 Å². The maximum atomic E-state index is 12.5. The molecule has 26 heavy (non-hydrogen) atoms. The lowest BCUT2D eigenvalue weighted by atomic mass is 10.0. The Hall–Kier alpha value is -3.94. The number of aromatic nitrogens is 4. The van der Waals surface area contributed by atoms with Gasteiger partial charge in [-0.25, -0.2) is 14.5 Å². The van der Waals surface area contributed by atoms with Crippen molar-refractivity contribution in [2.45, 2.75) is 0 Å². The Morgan fingerprint density at radius 3 is 2.69 bits per heavy atom. The Morgan fingerprint density at radius 1 is 1.12 bits per heavy atom. The van der Waals surface area contributed by atoms with Gasteiger partial charge in [0.15, 0.2) is 5.75 Å². The third-order valence-electron chi connectivity index (χ3n) is 3.78. The third-order valence-corrected chi connectivity index (χ3v) is 3.78. The lowest BCUT2D eigenvalue weighted by Crippen LogP contribution is -2.13. The average Bonchev–Trinajstić information content (AvgIpc) is 3.10. The molecule has 0 radical (unpaired) electrons. The van der Waals surface area contributed by atoms with Crippen molar-refractivity contribution in [2.24, 2.45) is 0 Å². The number of hydrogen-bond donors (Lipinski definition) is 2. The van der Waals surface area contributed by atoms with Gasteiger partial charge in [-0.1, -0.05) is 36.4 Å². The normalized spacial score (nSPS) is 10.8. The number of nitrogens with one attached hydrogen (secondary N) is 1. The van der Waals surface area contributed by atoms with Crippen LogP contribution in [-0.4, -0.2) is 31.0 Å². The molecule has 0 spiro atoms. The van der Waals surface area contributed by atoms with E-state index >= 15 is 0 Å². The number of carbonyl (C=O) groups is 1. The molecule has 2 heterocycles. The molecule has 2 aromatic carbocycles. The molecule has 0 amide bonds. The largest absolute Gasteiger partial charge is 0.511 e. The minimum absolute atomic E-state index is 0.0275. The number of aromatic amines is 1. The minimum atomic E-state index is -1.45. The van der Waals surface area contributed by atoms with E-state index in [0.29, 0.717) is 10.9 Å². The van der Waals surface area contributed by atoms with Crippen LogP contribution in [0.25, 0.3) is 28.0 Å². The molecule has 4 aromatic rings. The molecular weight excluding hydrogens is 336 g/mol. The van der Waals surface area contributed by atoms with Gasteiger partial charge in [-0.2, -0.15) is 5.10 Å². The fourth-order valence-corrected chi connectivity index (χ4v) is 2.62. The maximum Gasteiger partial charge on any atom is 0.511 e. The third kappa shape index (κ3) is 2.91. The van der Waals surface area contributed by atoms with Crippen LogP contribution in [0.1, 0.15) is 0 Å². The van der Waals surface area contributed by atoms with Gasteiger partial charge in [-0.15, -0.1) is 0 Å². The number of nitrogens with zero attached hydrogens (tertiary/aromatic N) is 3. The number of carboxylic acid groups (broad SMARTS) is 1. The van der Waals surface area contributed by atoms with Crippen LogP contribution >= 0.6 is 0 Å². The van der Waals surface area contributed by atoms with Crippen LogP contribution in [-0.2, 0) is 0 Å². The molecule has 4 rings (SSSR count). The van der Waals surface area contributed by atoms with Crippen LogP contribution in [0.2, 0.25) is 0 Å². The molecule has 128 valence electrons. The number of ether oxygens (including phenoxy) is 1. The Bertz CT molecular complexity index is 1160. The van der Waals surface area contributed by atoms with Crippen LogP contribution in [0.5, 0.6) is 5.75 Å². The Labute approximate surface area is 146 Å². The SMILES string of the molecule is O=C(O)Oc1cnn(-c2nc3ccc(-c4ccccc4)cc3c(=O)[nH]2)c1. The zero-order valence-electron chi connectivity index (χ0n) is 13.3. The van der Waals surface area contributed by atoms with Gasteiger partial charge in [-0.05, 0) is 23.3 Å². The van der Waals surface area contributed by atoms with Crippen molar-refractivity contribution in [1.82, 2.24) is 19.7 Å². The van der Waals surface area contributed by atoms with Crippen molar-refractivity contribution in [3.8, 4) is 22.8 Å². The molecule has 0 saturated carbocycles. The van der Waals surface area contributed by atoms with E-state index in [-0.39, 0.29) is 17.3 Å². The topological polar surface area (TPSA) is 110 Å². The minimum Gasteiger partial charge on any atom is -0.449 e. The summed E-state index contributed by atoms with van der Waals surface area (Å²) >= 11 is 0. The van der Waals surface area contributed by atoms with Crippen molar-refractivity contribution in [1.29, 1.82) is 0 Å². The molecule has 2 aromatic heterocycles. The van der Waals surface area contributed by atoms with Crippen LogP contribution in [0.3, 0.4) is 0 Å². The van der Waals surface area contributed by atoms with Gasteiger partial charge >= 0.3 is 6.16 Å². The summed E-state index contributed by atoms with van der Waals surface area (Å²) in [6.45, 7) is 0. The van der Waals surface area contributed by atoms with Gasteiger partial charge in [0.25, 0.3) is 5.56 Å². The second kappa shape index (κ2) is 6.17. The molecule has 0 aliphatic carbocycles. The van der Waals surface area contributed by atoms with E-state index in [4.69, 9.17) is 5.11 Å². The predicted molar refractivity (Wildman–Crippen MR) is 93.6 cm³/mol. The van der Waals surface area contributed by atoms with E-state index in [0.717, 1.165) is 11.1 Å². The van der Waals surface area contributed by atoms with E-state index in [1.165, 1.54) is 17.1 Å². The Kier molecular flexibility index (Phi) is 3.70. The molecule has 2 N–H and O–H groups in total. The van der Waals surface area contributed by atoms with Crippen LogP contribution in [0.4, 0.5) is 4.79 Å². The van der Waals surface area contributed by atoms with Crippen molar-refractivity contribution < 1.29 is 14.6 Å². The quantitative estimate of drug-likeness (QED) is 0.551. The van der Waals surface area contributed by atoms with Gasteiger partial charge < -0.3 is 9.84 Å². The molecule has 0 saturated heterocycles. The zero-order chi connectivity index (χ0) is 18.1. The fraction of sp³-hybridized carbons (Fsp3) is 0. The number of fused-ring (bicyclic) bond motifs is 1. The van der Waals surface area contributed by atoms with Gasteiger partial charge in [-0.3, -0.25) is 9.78 Å². The second-order valence-electron chi connectivity index (χ2n) is 5.48. The van der Waals surface area contributed by atoms with E-state index in [2.05, 4.69) is 19.8 Å². The lowest BCUT2D eigenvalue weighted by Gasteiger charge is -2.05. The summed E-state index contributed by atoms with van der Waals surface area (Å²) in [6.07, 6.45) is 1.09. The number of hydrogen-bond acceptors (Lipinski definition) is 5. The first-order valence-electron chi connectivity index (χ1n) is 7.65. The molecule has 8 heteroatoms. The fourth-order valence-electron chi connectivity index (χ4n) is 2.62. The standard InChI is InChI=1S/C18H12N4O4/c23-16-14-8-12(11-4-2-1-3-5-11)6-7-15(14)20-17(21-16)22-10-13(9-19-22)26-18(24)25/h1-10H,(H,24,25)(H,20,21,23). The van der Waals surface area contributed by atoms with E-state index in [9.17, 15) is 9.59 Å². The highest BCUT2D eigenvalue weighted by Gasteiger charge is 2.10. The molecule has 0 bridgehead atoms. The van der Waals surface area contributed by atoms with E-state index in [1.807, 2.05) is 36.4 Å². The molecule has 0 aliphatic rings. The summed E-state index contributed by atoms with van der Waals surface area (Å²) in [7, 11) is 0. The van der Waals surface area contributed by atoms with Crippen LogP contribution in [0.15, 0.2) is 65.7 Å². The second-order valence-corrected chi connectivity index (χ2v) is 5.48. The monoisotopic (exact) mass is 348 g/mol. The summed E-state index contributed by atoms with van der Waals surface area (Å²) < 4.78 is 5.75. The average molecular weight is 348 g/mol. The predicted octanol–water partition coefficient (Wildman–Crippen LogP) is 2.83. The smallest absolute Gasteiger partial charge is 0.449 e. The first kappa shape index (κ1) is 15.6. The van der Waals surface area contributed by atoms with Gasteiger partial charge in [0.2, 0.25) is 5.95 Å². The summed E-state index contributed by atoms with van der Waals surface area (Å²) in [5, 5.41) is 13.0. The van der Waals surface area contributed by atoms with Crippen molar-refractivity contribution >= 4 is 17.1 Å². The first-order valence-corrected chi connectivity index (χ1v) is 7.65. The van der Waals surface area contributed by atoms with Crippen molar-refractivity contribution in [3.05, 3.63) is 71.3 Å². The Morgan fingerprint density at radius 2 is 1.92 bits per heavy atom.